The zero-order valence-corrected chi connectivity index (χ0v) is 56.0. The molecule has 9 N–H and O–H groups in total. The largest absolute Gasteiger partial charge is 0.394 e. The number of rotatable bonds is 60. The number of aliphatic hydroxyl groups is 8. The summed E-state index contributed by atoms with van der Waals surface area (Å²) in [5.41, 5.74) is 0. The van der Waals surface area contributed by atoms with Gasteiger partial charge in [-0.25, -0.2) is 0 Å². The first kappa shape index (κ1) is 81.8. The van der Waals surface area contributed by atoms with Crippen LogP contribution in [0.15, 0.2) is 60.8 Å². The summed E-state index contributed by atoms with van der Waals surface area (Å²) in [6.45, 7) is 2.79. The number of unbranched alkanes of at least 4 members (excludes halogenated alkanes) is 37. The van der Waals surface area contributed by atoms with Gasteiger partial charge in [0.2, 0.25) is 5.91 Å². The van der Waals surface area contributed by atoms with Gasteiger partial charge in [0.15, 0.2) is 12.6 Å². The highest BCUT2D eigenvalue weighted by atomic mass is 16.7. The number of ether oxygens (including phenoxy) is 4. The van der Waals surface area contributed by atoms with E-state index in [1.165, 1.54) is 199 Å². The average molecular weight is 1250 g/mol. The van der Waals surface area contributed by atoms with Crippen LogP contribution < -0.4 is 5.32 Å². The molecule has 2 fully saturated rings. The van der Waals surface area contributed by atoms with Crippen molar-refractivity contribution < 1.29 is 64.6 Å². The molecular formula is C74H135NO13. The van der Waals surface area contributed by atoms with Crippen molar-refractivity contribution in [1.82, 2.24) is 5.32 Å². The molecule has 0 aromatic rings. The normalized spacial score (nSPS) is 23.5. The molecule has 0 saturated carbocycles. The second-order valence-electron chi connectivity index (χ2n) is 25.7. The summed E-state index contributed by atoms with van der Waals surface area (Å²) in [7, 11) is 0. The maximum Gasteiger partial charge on any atom is 0.220 e. The Hall–Kier alpha value is -2.31. The Balaban J connectivity index is 1.64. The number of allylic oxidation sites excluding steroid dienone is 10. The monoisotopic (exact) mass is 1250 g/mol. The van der Waals surface area contributed by atoms with Crippen LogP contribution in [0.2, 0.25) is 0 Å². The van der Waals surface area contributed by atoms with Crippen molar-refractivity contribution in [2.24, 2.45) is 0 Å². The summed E-state index contributed by atoms with van der Waals surface area (Å²) in [5.74, 6) is -0.204. The first-order valence-corrected chi connectivity index (χ1v) is 36.5. The van der Waals surface area contributed by atoms with Crippen molar-refractivity contribution >= 4 is 5.91 Å². The minimum absolute atomic E-state index is 0.204. The molecule has 88 heavy (non-hydrogen) atoms. The zero-order chi connectivity index (χ0) is 63.8. The van der Waals surface area contributed by atoms with E-state index in [0.29, 0.717) is 12.8 Å². The summed E-state index contributed by atoms with van der Waals surface area (Å²) in [6, 6.07) is -0.832. The van der Waals surface area contributed by atoms with Crippen molar-refractivity contribution in [2.45, 2.75) is 383 Å². The van der Waals surface area contributed by atoms with E-state index in [-0.39, 0.29) is 12.5 Å². The van der Waals surface area contributed by atoms with Gasteiger partial charge in [0.1, 0.15) is 48.8 Å². The SMILES string of the molecule is CC/C=C\C/C=C\C/C=C\C/C=C\C/C=C\CCCCCCCCCCCCCCCCCC(=O)NC(COC1OC(CO)C(OC2OC(CO)C(O)C(O)C2O)C(O)C1O)C(O)CCCCCCCCCCCCCCCCCCCCCCCCC. The summed E-state index contributed by atoms with van der Waals surface area (Å²) >= 11 is 0. The Morgan fingerprint density at radius 2 is 0.784 bits per heavy atom. The van der Waals surface area contributed by atoms with Gasteiger partial charge in [-0.3, -0.25) is 4.79 Å². The number of carbonyl (C=O) groups excluding carboxylic acids is 1. The van der Waals surface area contributed by atoms with Crippen LogP contribution in [-0.2, 0) is 23.7 Å². The molecule has 12 unspecified atom stereocenters. The average Bonchev–Trinajstić information content (AvgIpc) is 3.10. The Kier molecular flexibility index (Phi) is 54.4. The van der Waals surface area contributed by atoms with Gasteiger partial charge in [0, 0.05) is 6.42 Å². The van der Waals surface area contributed by atoms with Gasteiger partial charge in [-0.2, -0.15) is 0 Å². The summed E-state index contributed by atoms with van der Waals surface area (Å²) in [5, 5.41) is 87.7. The molecule has 14 heteroatoms. The highest BCUT2D eigenvalue weighted by Crippen LogP contribution is 2.30. The van der Waals surface area contributed by atoms with E-state index in [1.54, 1.807) is 0 Å². The van der Waals surface area contributed by atoms with Crippen molar-refractivity contribution in [1.29, 1.82) is 0 Å². The van der Waals surface area contributed by atoms with E-state index in [0.717, 1.165) is 83.5 Å². The van der Waals surface area contributed by atoms with E-state index in [4.69, 9.17) is 18.9 Å². The molecule has 0 bridgehead atoms. The standard InChI is InChI=1S/C74H135NO13/c1-3-5-7-9-11-13-15-17-19-21-23-25-27-28-29-30-31-32-33-34-36-38-40-42-44-46-48-50-52-54-56-58-66(79)75-62(61-85-73-71(84)69(82)72(65(60-77)87-73)88-74-70(83)68(81)67(80)64(59-76)86-74)63(78)57-55-53-51-49-47-45-43-41-39-37-35-26-24-22-20-18-16-14-12-10-8-6-4-2/h5,7,11,13,17,19,23,25,28-29,62-65,67-74,76-78,80-84H,3-4,6,8-10,12,14-16,18,20-22,24,26-27,30-61H2,1-2H3,(H,75,79)/b7-5-,13-11-,19-17-,25-23-,29-28-. The third-order valence-corrected chi connectivity index (χ3v) is 17.7. The van der Waals surface area contributed by atoms with Crippen LogP contribution in [0.1, 0.15) is 309 Å². The summed E-state index contributed by atoms with van der Waals surface area (Å²) in [6.07, 6.45) is 60.9. The van der Waals surface area contributed by atoms with E-state index in [1.807, 2.05) is 0 Å². The molecular weight excluding hydrogens is 1110 g/mol. The lowest BCUT2D eigenvalue weighted by Gasteiger charge is -2.46. The molecule has 2 aliphatic heterocycles. The molecule has 2 aliphatic rings. The first-order valence-electron chi connectivity index (χ1n) is 36.5. The Bertz CT molecular complexity index is 1710. The quantitative estimate of drug-likeness (QED) is 0.0204. The smallest absolute Gasteiger partial charge is 0.220 e. The van der Waals surface area contributed by atoms with Gasteiger partial charge in [-0.1, -0.05) is 306 Å². The third kappa shape index (κ3) is 42.0. The topological polar surface area (TPSA) is 228 Å². The van der Waals surface area contributed by atoms with Gasteiger partial charge in [0.25, 0.3) is 0 Å². The minimum Gasteiger partial charge on any atom is -0.394 e. The molecule has 514 valence electrons. The Morgan fingerprint density at radius 3 is 1.20 bits per heavy atom. The number of nitrogens with one attached hydrogen (secondary N) is 1. The fourth-order valence-electron chi connectivity index (χ4n) is 12.0. The number of aliphatic hydroxyl groups excluding tert-OH is 8. The lowest BCUT2D eigenvalue weighted by Crippen LogP contribution is -2.65. The van der Waals surface area contributed by atoms with Crippen molar-refractivity contribution in [2.75, 3.05) is 19.8 Å². The highest BCUT2D eigenvalue weighted by molar-refractivity contribution is 5.76. The third-order valence-electron chi connectivity index (χ3n) is 17.7. The molecule has 0 aliphatic carbocycles. The van der Waals surface area contributed by atoms with Gasteiger partial charge >= 0.3 is 0 Å². The summed E-state index contributed by atoms with van der Waals surface area (Å²) in [4.78, 5) is 13.4. The fraction of sp³-hybridized carbons (Fsp3) is 0.851. The van der Waals surface area contributed by atoms with Crippen LogP contribution in [0.4, 0.5) is 0 Å². The zero-order valence-electron chi connectivity index (χ0n) is 56.0. The molecule has 2 heterocycles. The lowest BCUT2D eigenvalue weighted by molar-refractivity contribution is -0.359. The fourth-order valence-corrected chi connectivity index (χ4v) is 12.0. The first-order chi connectivity index (χ1) is 43.1. The van der Waals surface area contributed by atoms with E-state index >= 15 is 0 Å². The number of amides is 1. The molecule has 1 amide bonds. The van der Waals surface area contributed by atoms with Crippen molar-refractivity contribution in [3.8, 4) is 0 Å². The number of hydrogen-bond acceptors (Lipinski definition) is 13. The Labute approximate surface area is 536 Å². The maximum atomic E-state index is 13.4. The Morgan fingerprint density at radius 1 is 0.420 bits per heavy atom. The van der Waals surface area contributed by atoms with Crippen LogP contribution >= 0.6 is 0 Å². The molecule has 14 nitrogen and oxygen atoms in total. The molecule has 0 aromatic carbocycles. The van der Waals surface area contributed by atoms with E-state index < -0.39 is 86.8 Å². The van der Waals surface area contributed by atoms with Crippen molar-refractivity contribution in [3.63, 3.8) is 0 Å². The second kappa shape index (κ2) is 58.5. The van der Waals surface area contributed by atoms with E-state index in [9.17, 15) is 45.6 Å². The van der Waals surface area contributed by atoms with Gasteiger partial charge < -0.3 is 65.1 Å². The molecule has 0 aromatic heterocycles. The van der Waals surface area contributed by atoms with Crippen LogP contribution in [0, 0.1) is 0 Å². The van der Waals surface area contributed by atoms with Crippen molar-refractivity contribution in [3.05, 3.63) is 60.8 Å². The minimum atomic E-state index is -1.78. The highest BCUT2D eigenvalue weighted by Gasteiger charge is 2.51. The molecule has 0 radical (unpaired) electrons. The number of carbonyl (C=O) groups is 1. The van der Waals surface area contributed by atoms with Crippen LogP contribution in [-0.4, -0.2) is 140 Å². The molecule has 2 rings (SSSR count). The van der Waals surface area contributed by atoms with E-state index in [2.05, 4.69) is 79.9 Å². The predicted octanol–water partition coefficient (Wildman–Crippen LogP) is 15.2. The number of hydrogen-bond donors (Lipinski definition) is 9. The molecule has 0 spiro atoms. The molecule has 2 saturated heterocycles. The summed E-state index contributed by atoms with van der Waals surface area (Å²) < 4.78 is 22.9. The van der Waals surface area contributed by atoms with Gasteiger partial charge in [0.05, 0.1) is 32.0 Å². The van der Waals surface area contributed by atoms with Gasteiger partial charge in [-0.15, -0.1) is 0 Å². The van der Waals surface area contributed by atoms with Crippen LogP contribution in [0.5, 0.6) is 0 Å². The van der Waals surface area contributed by atoms with Crippen LogP contribution in [0.25, 0.3) is 0 Å². The second-order valence-corrected chi connectivity index (χ2v) is 25.7. The van der Waals surface area contributed by atoms with Gasteiger partial charge in [-0.05, 0) is 57.8 Å². The molecule has 12 atom stereocenters. The maximum absolute atomic E-state index is 13.4. The predicted molar refractivity (Wildman–Crippen MR) is 360 cm³/mol. The lowest BCUT2D eigenvalue weighted by atomic mass is 9.97. The van der Waals surface area contributed by atoms with Crippen LogP contribution in [0.3, 0.4) is 0 Å².